The number of hydrogen-bond acceptors (Lipinski definition) is 3. The van der Waals surface area contributed by atoms with E-state index in [9.17, 15) is 0 Å². The normalized spacial score (nSPS) is 10.6. The van der Waals surface area contributed by atoms with Crippen molar-refractivity contribution in [1.82, 2.24) is 10.2 Å². The Kier molecular flexibility index (Phi) is 3.11. The first-order chi connectivity index (χ1) is 8.06. The number of anilines is 1. The van der Waals surface area contributed by atoms with Gasteiger partial charge in [0.15, 0.2) is 0 Å². The molecule has 90 valence electrons. The molecule has 0 aliphatic heterocycles. The molecule has 0 atom stereocenters. The van der Waals surface area contributed by atoms with Crippen molar-refractivity contribution in [2.45, 2.75) is 13.8 Å². The lowest BCUT2D eigenvalue weighted by Gasteiger charge is -2.15. The minimum atomic E-state index is 0.536. The lowest BCUT2D eigenvalue weighted by Crippen LogP contribution is -1.96. The van der Waals surface area contributed by atoms with Gasteiger partial charge < -0.3 is 10.5 Å². The summed E-state index contributed by atoms with van der Waals surface area (Å²) < 4.78 is 6.44. The molecule has 1 heterocycles. The van der Waals surface area contributed by atoms with Gasteiger partial charge in [-0.05, 0) is 40.9 Å². The third-order valence-corrected chi connectivity index (χ3v) is 3.75. The van der Waals surface area contributed by atoms with E-state index < -0.39 is 0 Å². The van der Waals surface area contributed by atoms with Crippen molar-refractivity contribution in [2.75, 3.05) is 12.8 Å². The smallest absolute Gasteiger partial charge is 0.130 e. The number of nitrogen functional groups attached to an aromatic ring is 1. The van der Waals surface area contributed by atoms with E-state index in [1.807, 2.05) is 13.8 Å². The van der Waals surface area contributed by atoms with Gasteiger partial charge in [0.05, 0.1) is 13.3 Å². The first kappa shape index (κ1) is 12.0. The highest BCUT2D eigenvalue weighted by molar-refractivity contribution is 9.10. The second-order valence-corrected chi connectivity index (χ2v) is 4.72. The largest absolute Gasteiger partial charge is 0.496 e. The molecule has 0 amide bonds. The first-order valence-electron chi connectivity index (χ1n) is 5.19. The number of halogens is 1. The molecule has 0 saturated heterocycles. The summed E-state index contributed by atoms with van der Waals surface area (Å²) in [6.07, 6.45) is 1.71. The predicted octanol–water partition coefficient (Wildman–Crippen LogP) is 3.05. The average molecular weight is 296 g/mol. The van der Waals surface area contributed by atoms with Gasteiger partial charge in [-0.2, -0.15) is 5.10 Å². The Hall–Kier alpha value is -1.49. The van der Waals surface area contributed by atoms with Crippen LogP contribution in [0.1, 0.15) is 11.1 Å². The van der Waals surface area contributed by atoms with Gasteiger partial charge in [0.2, 0.25) is 0 Å². The van der Waals surface area contributed by atoms with Gasteiger partial charge in [0.25, 0.3) is 0 Å². The number of nitrogens with two attached hydrogens (primary N) is 1. The zero-order valence-corrected chi connectivity index (χ0v) is 11.6. The monoisotopic (exact) mass is 295 g/mol. The van der Waals surface area contributed by atoms with Gasteiger partial charge in [-0.1, -0.05) is 6.07 Å². The topological polar surface area (TPSA) is 63.9 Å². The van der Waals surface area contributed by atoms with Crippen LogP contribution < -0.4 is 10.5 Å². The van der Waals surface area contributed by atoms with Gasteiger partial charge in [-0.15, -0.1) is 0 Å². The van der Waals surface area contributed by atoms with Gasteiger partial charge >= 0.3 is 0 Å². The molecular formula is C12H14BrN3O. The van der Waals surface area contributed by atoms with Crippen LogP contribution in [0, 0.1) is 13.8 Å². The Morgan fingerprint density at radius 2 is 2.06 bits per heavy atom. The number of aromatic amines is 1. The van der Waals surface area contributed by atoms with Crippen LogP contribution in [-0.4, -0.2) is 17.3 Å². The Morgan fingerprint density at radius 1 is 1.35 bits per heavy atom. The molecule has 3 N–H and O–H groups in total. The van der Waals surface area contributed by atoms with Crippen LogP contribution in [0.2, 0.25) is 0 Å². The SMILES string of the molecule is COc1c(C)cc(C)c(Br)c1-c1cn[nH]c1N. The molecule has 2 aromatic rings. The van der Waals surface area contributed by atoms with Crippen molar-refractivity contribution in [1.29, 1.82) is 0 Å². The minimum Gasteiger partial charge on any atom is -0.496 e. The van der Waals surface area contributed by atoms with E-state index in [-0.39, 0.29) is 0 Å². The number of hydrogen-bond donors (Lipinski definition) is 2. The van der Waals surface area contributed by atoms with Gasteiger partial charge in [-0.25, -0.2) is 0 Å². The standard InChI is InChI=1S/C12H14BrN3O/c1-6-4-7(2)11(17-3)9(10(6)13)8-5-15-16-12(8)14/h4-5H,1-3H3,(H3,14,15,16). The van der Waals surface area contributed by atoms with Crippen LogP contribution in [0.3, 0.4) is 0 Å². The van der Waals surface area contributed by atoms with Gasteiger partial charge in [0, 0.05) is 15.6 Å². The highest BCUT2D eigenvalue weighted by atomic mass is 79.9. The molecule has 0 aliphatic rings. The second-order valence-electron chi connectivity index (χ2n) is 3.93. The number of aromatic nitrogens is 2. The number of H-pyrrole nitrogens is 1. The number of benzene rings is 1. The van der Waals surface area contributed by atoms with Crippen molar-refractivity contribution in [3.8, 4) is 16.9 Å². The fourth-order valence-electron chi connectivity index (χ4n) is 1.95. The van der Waals surface area contributed by atoms with Crippen LogP contribution in [0.15, 0.2) is 16.7 Å². The van der Waals surface area contributed by atoms with Crippen LogP contribution in [0.25, 0.3) is 11.1 Å². The van der Waals surface area contributed by atoms with E-state index in [4.69, 9.17) is 10.5 Å². The molecule has 4 nitrogen and oxygen atoms in total. The molecule has 0 saturated carbocycles. The minimum absolute atomic E-state index is 0.536. The van der Waals surface area contributed by atoms with Crippen molar-refractivity contribution in [3.05, 3.63) is 27.9 Å². The molecule has 5 heteroatoms. The third-order valence-electron chi connectivity index (χ3n) is 2.73. The maximum absolute atomic E-state index is 5.87. The number of aryl methyl sites for hydroxylation is 2. The maximum atomic E-state index is 5.87. The van der Waals surface area contributed by atoms with Crippen LogP contribution in [0.5, 0.6) is 5.75 Å². The molecule has 1 aromatic heterocycles. The Balaban J connectivity index is 2.80. The molecule has 0 spiro atoms. The Labute approximate surface area is 108 Å². The number of nitrogens with one attached hydrogen (secondary N) is 1. The van der Waals surface area contributed by atoms with E-state index in [0.717, 1.165) is 32.5 Å². The summed E-state index contributed by atoms with van der Waals surface area (Å²) in [5, 5.41) is 6.68. The van der Waals surface area contributed by atoms with Crippen LogP contribution in [-0.2, 0) is 0 Å². The summed E-state index contributed by atoms with van der Waals surface area (Å²) in [6.45, 7) is 4.05. The number of nitrogens with zero attached hydrogens (tertiary/aromatic N) is 1. The zero-order chi connectivity index (χ0) is 12.6. The maximum Gasteiger partial charge on any atom is 0.130 e. The second kappa shape index (κ2) is 4.41. The molecule has 0 aliphatic carbocycles. The highest BCUT2D eigenvalue weighted by Gasteiger charge is 2.18. The fourth-order valence-corrected chi connectivity index (χ4v) is 2.45. The predicted molar refractivity (Wildman–Crippen MR) is 72.2 cm³/mol. The quantitative estimate of drug-likeness (QED) is 0.895. The van der Waals surface area contributed by atoms with E-state index in [0.29, 0.717) is 5.82 Å². The van der Waals surface area contributed by atoms with Crippen molar-refractivity contribution < 1.29 is 4.74 Å². The molecule has 0 bridgehead atoms. The van der Waals surface area contributed by atoms with Crippen molar-refractivity contribution >= 4 is 21.7 Å². The lowest BCUT2D eigenvalue weighted by atomic mass is 10.0. The molecule has 0 fully saturated rings. The summed E-state index contributed by atoms with van der Waals surface area (Å²) in [7, 11) is 1.66. The van der Waals surface area contributed by atoms with Gasteiger partial charge in [0.1, 0.15) is 11.6 Å². The van der Waals surface area contributed by atoms with E-state index in [1.165, 1.54) is 0 Å². The van der Waals surface area contributed by atoms with Crippen LogP contribution >= 0.6 is 15.9 Å². The summed E-state index contributed by atoms with van der Waals surface area (Å²) in [4.78, 5) is 0. The van der Waals surface area contributed by atoms with E-state index in [2.05, 4.69) is 32.2 Å². The zero-order valence-electron chi connectivity index (χ0n) is 9.97. The number of ether oxygens (including phenoxy) is 1. The molecule has 1 aromatic carbocycles. The van der Waals surface area contributed by atoms with Crippen molar-refractivity contribution in [2.24, 2.45) is 0 Å². The Morgan fingerprint density at radius 3 is 2.59 bits per heavy atom. The average Bonchev–Trinajstić information content (AvgIpc) is 2.69. The third kappa shape index (κ3) is 1.91. The highest BCUT2D eigenvalue weighted by Crippen LogP contribution is 2.42. The number of methoxy groups -OCH3 is 1. The van der Waals surface area contributed by atoms with Gasteiger partial charge in [-0.3, -0.25) is 5.10 Å². The molecular weight excluding hydrogens is 282 g/mol. The first-order valence-corrected chi connectivity index (χ1v) is 5.98. The summed E-state index contributed by atoms with van der Waals surface area (Å²) in [6, 6.07) is 2.07. The molecule has 0 unspecified atom stereocenters. The number of rotatable bonds is 2. The Bertz CT molecular complexity index is 563. The van der Waals surface area contributed by atoms with Crippen LogP contribution in [0.4, 0.5) is 5.82 Å². The lowest BCUT2D eigenvalue weighted by molar-refractivity contribution is 0.413. The van der Waals surface area contributed by atoms with Crippen molar-refractivity contribution in [3.63, 3.8) is 0 Å². The molecule has 2 rings (SSSR count). The molecule has 0 radical (unpaired) electrons. The van der Waals surface area contributed by atoms with E-state index >= 15 is 0 Å². The fraction of sp³-hybridized carbons (Fsp3) is 0.250. The summed E-state index contributed by atoms with van der Waals surface area (Å²) in [5.74, 6) is 1.35. The summed E-state index contributed by atoms with van der Waals surface area (Å²) >= 11 is 3.58. The summed E-state index contributed by atoms with van der Waals surface area (Å²) in [5.41, 5.74) is 9.87. The molecule has 17 heavy (non-hydrogen) atoms. The van der Waals surface area contributed by atoms with E-state index in [1.54, 1.807) is 13.3 Å².